The van der Waals surface area contributed by atoms with Crippen molar-refractivity contribution in [2.75, 3.05) is 5.32 Å². The zero-order chi connectivity index (χ0) is 12.4. The van der Waals surface area contributed by atoms with Crippen LogP contribution in [0.5, 0.6) is 0 Å². The second-order valence-corrected chi connectivity index (χ2v) is 4.57. The van der Waals surface area contributed by atoms with Crippen LogP contribution in [0.1, 0.15) is 16.1 Å². The first-order valence-corrected chi connectivity index (χ1v) is 5.87. The normalized spacial score (nSPS) is 10.3. The summed E-state index contributed by atoms with van der Waals surface area (Å²) in [5.74, 6) is -0.243. The van der Waals surface area contributed by atoms with E-state index >= 15 is 0 Å². The van der Waals surface area contributed by atoms with Gasteiger partial charge in [-0.05, 0) is 28.9 Å². The fourth-order valence-electron chi connectivity index (χ4n) is 1.27. The first-order chi connectivity index (χ1) is 8.08. The Hall–Kier alpha value is -1.40. The van der Waals surface area contributed by atoms with Crippen molar-refractivity contribution in [2.24, 2.45) is 0 Å². The van der Waals surface area contributed by atoms with Crippen LogP contribution >= 0.6 is 27.5 Å². The molecule has 2 rings (SSSR count). The van der Waals surface area contributed by atoms with E-state index in [9.17, 15) is 4.79 Å². The molecule has 0 bridgehead atoms. The summed E-state index contributed by atoms with van der Waals surface area (Å²) in [6.45, 7) is 1.78. The Morgan fingerprint density at radius 3 is 2.88 bits per heavy atom. The Morgan fingerprint density at radius 1 is 1.53 bits per heavy atom. The summed E-state index contributed by atoms with van der Waals surface area (Å²) in [6, 6.07) is 1.68. The van der Waals surface area contributed by atoms with E-state index in [1.807, 2.05) is 0 Å². The molecule has 1 amide bonds. The molecule has 0 unspecified atom stereocenters. The van der Waals surface area contributed by atoms with Gasteiger partial charge in [0.25, 0.3) is 5.91 Å². The van der Waals surface area contributed by atoms with Gasteiger partial charge >= 0.3 is 0 Å². The summed E-state index contributed by atoms with van der Waals surface area (Å²) in [6.07, 6.45) is 2.96. The highest BCUT2D eigenvalue weighted by Crippen LogP contribution is 2.23. The molecule has 0 radical (unpaired) electrons. The number of carbonyl (C=O) groups is 1. The van der Waals surface area contributed by atoms with Gasteiger partial charge in [0.05, 0.1) is 28.1 Å². The maximum Gasteiger partial charge on any atom is 0.259 e. The first-order valence-electron chi connectivity index (χ1n) is 4.70. The molecule has 0 saturated heterocycles. The van der Waals surface area contributed by atoms with Crippen LogP contribution in [0.4, 0.5) is 5.69 Å². The average molecular weight is 316 g/mol. The molecule has 0 spiro atoms. The minimum absolute atomic E-state index is 0.243. The largest absolute Gasteiger partial charge is 0.320 e. The molecule has 2 heterocycles. The number of anilines is 1. The number of amides is 1. The van der Waals surface area contributed by atoms with E-state index in [0.717, 1.165) is 0 Å². The van der Waals surface area contributed by atoms with Gasteiger partial charge in [-0.3, -0.25) is 9.89 Å². The number of aryl methyl sites for hydroxylation is 1. The minimum atomic E-state index is -0.243. The lowest BCUT2D eigenvalue weighted by Crippen LogP contribution is -2.12. The number of hydrogen-bond donors (Lipinski definition) is 2. The molecule has 2 N–H and O–H groups in total. The molecule has 2 aromatic rings. The number of aromatic nitrogens is 3. The van der Waals surface area contributed by atoms with E-state index in [1.54, 1.807) is 13.0 Å². The van der Waals surface area contributed by atoms with Crippen molar-refractivity contribution in [1.82, 2.24) is 15.2 Å². The molecule has 0 aliphatic rings. The van der Waals surface area contributed by atoms with Crippen LogP contribution in [0.3, 0.4) is 0 Å². The molecule has 88 valence electrons. The molecule has 0 aliphatic heterocycles. The monoisotopic (exact) mass is 314 g/mol. The van der Waals surface area contributed by atoms with E-state index in [-0.39, 0.29) is 5.91 Å². The Labute approximate surface area is 111 Å². The van der Waals surface area contributed by atoms with Crippen LogP contribution in [0.2, 0.25) is 5.15 Å². The van der Waals surface area contributed by atoms with Crippen molar-refractivity contribution in [2.45, 2.75) is 6.92 Å². The Bertz CT molecular complexity index is 569. The van der Waals surface area contributed by atoms with Crippen LogP contribution < -0.4 is 5.32 Å². The van der Waals surface area contributed by atoms with E-state index in [4.69, 9.17) is 11.6 Å². The fraction of sp³-hybridized carbons (Fsp3) is 0.100. The summed E-state index contributed by atoms with van der Waals surface area (Å²) in [5.41, 5.74) is 1.77. The summed E-state index contributed by atoms with van der Waals surface area (Å²) in [4.78, 5) is 15.8. The van der Waals surface area contributed by atoms with E-state index in [2.05, 4.69) is 36.4 Å². The molecule has 0 saturated carbocycles. The number of nitrogens with zero attached hydrogens (tertiary/aromatic N) is 2. The van der Waals surface area contributed by atoms with Gasteiger partial charge in [-0.15, -0.1) is 0 Å². The molecule has 0 atom stereocenters. The van der Waals surface area contributed by atoms with Crippen LogP contribution in [0.25, 0.3) is 0 Å². The summed E-state index contributed by atoms with van der Waals surface area (Å²) in [5, 5.41) is 9.54. The van der Waals surface area contributed by atoms with Crippen LogP contribution in [0, 0.1) is 6.92 Å². The number of pyridine rings is 1. The molecule has 17 heavy (non-hydrogen) atoms. The standard InChI is InChI=1S/C10H8BrClN4O/c1-5-7(4-14-16-5)10(17)15-6-2-8(11)9(12)13-3-6/h2-4H,1H3,(H,14,16)(H,15,17). The van der Waals surface area contributed by atoms with E-state index in [1.165, 1.54) is 12.4 Å². The highest BCUT2D eigenvalue weighted by atomic mass is 79.9. The zero-order valence-corrected chi connectivity index (χ0v) is 11.1. The summed E-state index contributed by atoms with van der Waals surface area (Å²) < 4.78 is 0.626. The lowest BCUT2D eigenvalue weighted by Gasteiger charge is -2.04. The third-order valence-corrected chi connectivity index (χ3v) is 3.26. The number of halogens is 2. The molecule has 0 fully saturated rings. The van der Waals surface area contributed by atoms with Crippen molar-refractivity contribution in [3.05, 3.63) is 39.3 Å². The third-order valence-electron chi connectivity index (χ3n) is 2.13. The number of H-pyrrole nitrogens is 1. The van der Waals surface area contributed by atoms with Crippen LogP contribution in [-0.2, 0) is 0 Å². The van der Waals surface area contributed by atoms with Gasteiger partial charge in [0.15, 0.2) is 0 Å². The maximum absolute atomic E-state index is 11.8. The number of nitrogens with one attached hydrogen (secondary N) is 2. The van der Waals surface area contributed by atoms with Gasteiger partial charge in [-0.2, -0.15) is 5.10 Å². The van der Waals surface area contributed by atoms with Crippen molar-refractivity contribution in [1.29, 1.82) is 0 Å². The van der Waals surface area contributed by atoms with Gasteiger partial charge in [-0.1, -0.05) is 11.6 Å². The third kappa shape index (κ3) is 2.65. The number of hydrogen-bond acceptors (Lipinski definition) is 3. The van der Waals surface area contributed by atoms with Crippen LogP contribution in [0.15, 0.2) is 22.9 Å². The smallest absolute Gasteiger partial charge is 0.259 e. The van der Waals surface area contributed by atoms with Gasteiger partial charge in [-0.25, -0.2) is 4.98 Å². The van der Waals surface area contributed by atoms with Crippen molar-refractivity contribution in [3.63, 3.8) is 0 Å². The molecule has 0 aromatic carbocycles. The SMILES string of the molecule is Cc1[nH]ncc1C(=O)Nc1cnc(Cl)c(Br)c1. The first kappa shape index (κ1) is 12.1. The maximum atomic E-state index is 11.8. The molecular formula is C10H8BrClN4O. The van der Waals surface area contributed by atoms with E-state index < -0.39 is 0 Å². The summed E-state index contributed by atoms with van der Waals surface area (Å²) >= 11 is 8.99. The Kier molecular flexibility index (Phi) is 3.44. The lowest BCUT2D eigenvalue weighted by atomic mass is 10.2. The predicted molar refractivity (Wildman–Crippen MR) is 68.2 cm³/mol. The second kappa shape index (κ2) is 4.85. The second-order valence-electron chi connectivity index (χ2n) is 3.36. The highest BCUT2D eigenvalue weighted by molar-refractivity contribution is 9.10. The van der Waals surface area contributed by atoms with Crippen LogP contribution in [-0.4, -0.2) is 21.1 Å². The molecular weight excluding hydrogens is 307 g/mol. The van der Waals surface area contributed by atoms with Crippen molar-refractivity contribution in [3.8, 4) is 0 Å². The molecule has 2 aromatic heterocycles. The molecule has 7 heteroatoms. The zero-order valence-electron chi connectivity index (χ0n) is 8.79. The quantitative estimate of drug-likeness (QED) is 0.837. The summed E-state index contributed by atoms with van der Waals surface area (Å²) in [7, 11) is 0. The number of aromatic amines is 1. The average Bonchev–Trinajstić information content (AvgIpc) is 2.70. The highest BCUT2D eigenvalue weighted by Gasteiger charge is 2.11. The lowest BCUT2D eigenvalue weighted by molar-refractivity contribution is 0.102. The topological polar surface area (TPSA) is 70.7 Å². The Balaban J connectivity index is 2.19. The van der Waals surface area contributed by atoms with Crippen molar-refractivity contribution >= 4 is 39.1 Å². The Morgan fingerprint density at radius 2 is 2.29 bits per heavy atom. The van der Waals surface area contributed by atoms with Gasteiger partial charge in [0, 0.05) is 5.69 Å². The van der Waals surface area contributed by atoms with Gasteiger partial charge < -0.3 is 5.32 Å². The molecule has 0 aliphatic carbocycles. The molecule has 5 nitrogen and oxygen atoms in total. The predicted octanol–water partition coefficient (Wildman–Crippen LogP) is 2.78. The van der Waals surface area contributed by atoms with E-state index in [0.29, 0.717) is 26.6 Å². The fourth-order valence-corrected chi connectivity index (χ4v) is 1.72. The minimum Gasteiger partial charge on any atom is -0.320 e. The van der Waals surface area contributed by atoms with Gasteiger partial charge in [0.2, 0.25) is 0 Å². The number of rotatable bonds is 2. The number of carbonyl (C=O) groups excluding carboxylic acids is 1. The van der Waals surface area contributed by atoms with Crippen molar-refractivity contribution < 1.29 is 4.79 Å². The van der Waals surface area contributed by atoms with Gasteiger partial charge in [0.1, 0.15) is 5.15 Å².